The summed E-state index contributed by atoms with van der Waals surface area (Å²) in [7, 11) is 5.89. The molecule has 3 heterocycles. The van der Waals surface area contributed by atoms with Gasteiger partial charge in [0.05, 0.1) is 27.0 Å². The molecule has 1 aromatic rings. The normalized spacial score (nSPS) is 22.2. The van der Waals surface area contributed by atoms with E-state index in [1.807, 2.05) is 17.9 Å². The van der Waals surface area contributed by atoms with E-state index < -0.39 is 36.7 Å². The lowest BCUT2D eigenvalue weighted by atomic mass is 10.1. The van der Waals surface area contributed by atoms with Crippen LogP contribution in [0.2, 0.25) is 0 Å². The van der Waals surface area contributed by atoms with Gasteiger partial charge in [-0.05, 0) is 19.1 Å². The highest BCUT2D eigenvalue weighted by atomic mass is 16.5. The first kappa shape index (κ1) is 20.5. The number of hydrogen-bond acceptors (Lipinski definition) is 9. The van der Waals surface area contributed by atoms with Crippen LogP contribution in [-0.4, -0.2) is 85.7 Å². The number of allylic oxidation sites excluding steroid dienone is 1. The molecule has 3 aliphatic rings. The summed E-state index contributed by atoms with van der Waals surface area (Å²) in [6, 6.07) is 3.98. The number of aliphatic imine (C=N–C) groups is 1. The summed E-state index contributed by atoms with van der Waals surface area (Å²) in [5, 5.41) is 0. The molecule has 164 valence electrons. The SMILES string of the molecule is COC(=O)CN1C(=O)C2C(N=C3N(c4cc(OC)ccc4OC)C(C)=CN32)N(C)C1=O. The maximum Gasteiger partial charge on any atom is 0.328 e. The number of nitrogens with zero attached hydrogens (tertiary/aromatic N) is 5. The van der Waals surface area contributed by atoms with Gasteiger partial charge in [0.15, 0.2) is 12.2 Å². The molecule has 0 saturated carbocycles. The van der Waals surface area contributed by atoms with Gasteiger partial charge >= 0.3 is 12.0 Å². The Hall–Kier alpha value is -3.76. The van der Waals surface area contributed by atoms with Gasteiger partial charge in [0.1, 0.15) is 18.0 Å². The van der Waals surface area contributed by atoms with Crippen molar-refractivity contribution in [1.82, 2.24) is 14.7 Å². The third kappa shape index (κ3) is 3.04. The van der Waals surface area contributed by atoms with Gasteiger partial charge in [0, 0.05) is 25.0 Å². The second kappa shape index (κ2) is 7.49. The standard InChI is InChI=1S/C20H23N5O6/c1-11-9-23-16-17(22(2)20(28)24(18(16)27)10-15(26)31-5)21-19(23)25(11)13-8-12(29-3)6-7-14(13)30-4/h6-9,16-17H,10H2,1-5H3. The van der Waals surface area contributed by atoms with Crippen LogP contribution in [0.25, 0.3) is 0 Å². The summed E-state index contributed by atoms with van der Waals surface area (Å²) in [6.07, 6.45) is 1.06. The van der Waals surface area contributed by atoms with Crippen LogP contribution in [0, 0.1) is 0 Å². The second-order valence-electron chi connectivity index (χ2n) is 7.23. The minimum absolute atomic E-state index is 0.457. The van der Waals surface area contributed by atoms with E-state index >= 15 is 0 Å². The number of rotatable bonds is 5. The van der Waals surface area contributed by atoms with Gasteiger partial charge in [0.25, 0.3) is 5.91 Å². The van der Waals surface area contributed by atoms with Gasteiger partial charge in [-0.2, -0.15) is 0 Å². The molecule has 11 heteroatoms. The number of guanidine groups is 1. The van der Waals surface area contributed by atoms with Crippen molar-refractivity contribution < 1.29 is 28.6 Å². The average Bonchev–Trinajstić information content (AvgIpc) is 3.28. The van der Waals surface area contributed by atoms with E-state index in [4.69, 9.17) is 9.47 Å². The smallest absolute Gasteiger partial charge is 0.328 e. The number of imide groups is 1. The molecular weight excluding hydrogens is 406 g/mol. The topological polar surface area (TPSA) is 104 Å². The van der Waals surface area contributed by atoms with E-state index in [0.717, 1.165) is 10.6 Å². The molecule has 2 unspecified atom stereocenters. The molecule has 31 heavy (non-hydrogen) atoms. The number of likely N-dealkylation sites (N-methyl/N-ethyl adjacent to an activating group) is 1. The number of esters is 1. The van der Waals surface area contributed by atoms with Crippen molar-refractivity contribution in [2.24, 2.45) is 4.99 Å². The summed E-state index contributed by atoms with van der Waals surface area (Å²) in [5.41, 5.74) is 1.49. The van der Waals surface area contributed by atoms with E-state index in [1.54, 1.807) is 44.5 Å². The second-order valence-corrected chi connectivity index (χ2v) is 7.23. The van der Waals surface area contributed by atoms with Crippen molar-refractivity contribution >= 4 is 29.6 Å². The zero-order chi connectivity index (χ0) is 22.4. The van der Waals surface area contributed by atoms with Crippen LogP contribution in [0.1, 0.15) is 6.92 Å². The van der Waals surface area contributed by atoms with Crippen molar-refractivity contribution in [3.8, 4) is 11.5 Å². The molecule has 1 aromatic carbocycles. The number of anilines is 1. The Balaban J connectivity index is 1.73. The lowest BCUT2D eigenvalue weighted by Crippen LogP contribution is -2.65. The first-order valence-electron chi connectivity index (χ1n) is 9.54. The zero-order valence-corrected chi connectivity index (χ0v) is 17.9. The monoisotopic (exact) mass is 429 g/mol. The number of carbonyl (C=O) groups is 3. The highest BCUT2D eigenvalue weighted by Gasteiger charge is 2.55. The van der Waals surface area contributed by atoms with E-state index in [-0.39, 0.29) is 0 Å². The fraction of sp³-hybridized carbons (Fsp3) is 0.400. The number of hydrogen-bond donors (Lipinski definition) is 0. The minimum atomic E-state index is -0.793. The number of methoxy groups -OCH3 is 3. The highest BCUT2D eigenvalue weighted by Crippen LogP contribution is 2.41. The van der Waals surface area contributed by atoms with E-state index in [9.17, 15) is 14.4 Å². The molecule has 0 N–H and O–H groups in total. The third-order valence-corrected chi connectivity index (χ3v) is 5.53. The molecule has 0 bridgehead atoms. The molecule has 3 aliphatic heterocycles. The number of benzene rings is 1. The first-order chi connectivity index (χ1) is 14.8. The highest BCUT2D eigenvalue weighted by molar-refractivity contribution is 6.11. The molecule has 0 aromatic heterocycles. The Morgan fingerprint density at radius 3 is 2.55 bits per heavy atom. The summed E-state index contributed by atoms with van der Waals surface area (Å²) >= 11 is 0. The molecule has 4 rings (SSSR count). The predicted molar refractivity (Wildman–Crippen MR) is 110 cm³/mol. The van der Waals surface area contributed by atoms with Crippen LogP contribution in [0.15, 0.2) is 35.1 Å². The number of urea groups is 1. The van der Waals surface area contributed by atoms with Crippen molar-refractivity contribution in [2.45, 2.75) is 19.1 Å². The third-order valence-electron chi connectivity index (χ3n) is 5.53. The quantitative estimate of drug-likeness (QED) is 0.634. The summed E-state index contributed by atoms with van der Waals surface area (Å²) in [5.74, 6) is 0.512. The fourth-order valence-corrected chi connectivity index (χ4v) is 3.96. The van der Waals surface area contributed by atoms with Gasteiger partial charge in [0.2, 0.25) is 5.96 Å². The van der Waals surface area contributed by atoms with Crippen molar-refractivity contribution in [3.05, 3.63) is 30.1 Å². The first-order valence-corrected chi connectivity index (χ1v) is 9.54. The summed E-state index contributed by atoms with van der Waals surface area (Å²) in [4.78, 5) is 48.1. The molecule has 11 nitrogen and oxygen atoms in total. The number of carbonyl (C=O) groups excluding carboxylic acids is 3. The number of amides is 3. The van der Waals surface area contributed by atoms with Crippen LogP contribution in [0.5, 0.6) is 11.5 Å². The number of fused-ring (bicyclic) bond motifs is 3. The molecule has 0 radical (unpaired) electrons. The Kier molecular flexibility index (Phi) is 4.96. The van der Waals surface area contributed by atoms with E-state index in [1.165, 1.54) is 12.0 Å². The van der Waals surface area contributed by atoms with Crippen molar-refractivity contribution in [3.63, 3.8) is 0 Å². The van der Waals surface area contributed by atoms with Gasteiger partial charge in [-0.15, -0.1) is 0 Å². The van der Waals surface area contributed by atoms with Crippen LogP contribution >= 0.6 is 0 Å². The van der Waals surface area contributed by atoms with Gasteiger partial charge in [-0.25, -0.2) is 9.79 Å². The maximum absolute atomic E-state index is 13.2. The minimum Gasteiger partial charge on any atom is -0.497 e. The largest absolute Gasteiger partial charge is 0.497 e. The molecule has 1 fully saturated rings. The lowest BCUT2D eigenvalue weighted by Gasteiger charge is -2.39. The number of ether oxygens (including phenoxy) is 3. The fourth-order valence-electron chi connectivity index (χ4n) is 3.96. The van der Waals surface area contributed by atoms with Gasteiger partial charge in [-0.3, -0.25) is 19.4 Å². The van der Waals surface area contributed by atoms with Crippen LogP contribution in [0.3, 0.4) is 0 Å². The molecule has 0 aliphatic carbocycles. The lowest BCUT2D eigenvalue weighted by molar-refractivity contribution is -0.148. The molecule has 1 saturated heterocycles. The van der Waals surface area contributed by atoms with Crippen LogP contribution in [-0.2, 0) is 14.3 Å². The average molecular weight is 429 g/mol. The molecule has 0 spiro atoms. The Labute approximate surface area is 179 Å². The Morgan fingerprint density at radius 1 is 1.16 bits per heavy atom. The zero-order valence-electron chi connectivity index (χ0n) is 17.9. The molecular formula is C20H23N5O6. The Morgan fingerprint density at radius 2 is 1.90 bits per heavy atom. The van der Waals surface area contributed by atoms with Crippen LogP contribution in [0.4, 0.5) is 10.5 Å². The van der Waals surface area contributed by atoms with Crippen molar-refractivity contribution in [2.75, 3.05) is 39.8 Å². The van der Waals surface area contributed by atoms with E-state index in [0.29, 0.717) is 23.1 Å². The molecule has 3 amide bonds. The Bertz CT molecular complexity index is 1020. The van der Waals surface area contributed by atoms with Crippen LogP contribution < -0.4 is 14.4 Å². The van der Waals surface area contributed by atoms with Gasteiger partial charge < -0.3 is 24.0 Å². The summed E-state index contributed by atoms with van der Waals surface area (Å²) < 4.78 is 15.5. The van der Waals surface area contributed by atoms with Crippen molar-refractivity contribution in [1.29, 1.82) is 0 Å². The van der Waals surface area contributed by atoms with E-state index in [2.05, 4.69) is 9.73 Å². The maximum atomic E-state index is 13.2. The van der Waals surface area contributed by atoms with Gasteiger partial charge in [-0.1, -0.05) is 0 Å². The predicted octanol–water partition coefficient (Wildman–Crippen LogP) is 0.818. The molecule has 2 atom stereocenters. The summed E-state index contributed by atoms with van der Waals surface area (Å²) in [6.45, 7) is 1.42.